The summed E-state index contributed by atoms with van der Waals surface area (Å²) >= 11 is 6.20. The van der Waals surface area contributed by atoms with Gasteiger partial charge < -0.3 is 9.42 Å². The Hall–Kier alpha value is -3.66. The van der Waals surface area contributed by atoms with E-state index in [2.05, 4.69) is 20.3 Å². The van der Waals surface area contributed by atoms with Gasteiger partial charge in [-0.15, -0.1) is 0 Å². The van der Waals surface area contributed by atoms with Crippen LogP contribution in [0, 0.1) is 18.6 Å². The summed E-state index contributed by atoms with van der Waals surface area (Å²) in [7, 11) is 0. The molecule has 2 aromatic carbocycles. The lowest BCUT2D eigenvalue weighted by molar-refractivity contribution is 0.0709. The van der Waals surface area contributed by atoms with Crippen molar-refractivity contribution in [2.75, 3.05) is 6.54 Å². The van der Waals surface area contributed by atoms with E-state index in [1.54, 1.807) is 12.1 Å². The minimum Gasteiger partial charge on any atom is -0.337 e. The van der Waals surface area contributed by atoms with E-state index in [9.17, 15) is 13.6 Å². The Bertz CT molecular complexity index is 1340. The third kappa shape index (κ3) is 3.76. The molecule has 1 fully saturated rings. The molecule has 0 N–H and O–H groups in total. The van der Waals surface area contributed by atoms with Crippen molar-refractivity contribution in [1.82, 2.24) is 30.0 Å². The number of likely N-dealkylation sites (tertiary alicyclic amines) is 1. The van der Waals surface area contributed by atoms with Crippen LogP contribution >= 0.6 is 11.6 Å². The van der Waals surface area contributed by atoms with Crippen LogP contribution in [0.3, 0.4) is 0 Å². The van der Waals surface area contributed by atoms with Crippen molar-refractivity contribution in [3.63, 3.8) is 0 Å². The van der Waals surface area contributed by atoms with Crippen molar-refractivity contribution in [1.29, 1.82) is 0 Å². The van der Waals surface area contributed by atoms with Gasteiger partial charge in [-0.25, -0.2) is 8.78 Å². The fourth-order valence-electron chi connectivity index (χ4n) is 3.96. The summed E-state index contributed by atoms with van der Waals surface area (Å²) in [5, 5.41) is 12.5. The van der Waals surface area contributed by atoms with Gasteiger partial charge in [-0.1, -0.05) is 28.9 Å². The zero-order valence-electron chi connectivity index (χ0n) is 17.4. The van der Waals surface area contributed by atoms with Crippen molar-refractivity contribution in [3.05, 3.63) is 76.4 Å². The number of amides is 1. The number of carbonyl (C=O) groups is 1. The van der Waals surface area contributed by atoms with Crippen LogP contribution in [0.4, 0.5) is 8.78 Å². The van der Waals surface area contributed by atoms with Crippen molar-refractivity contribution in [3.8, 4) is 17.1 Å². The van der Waals surface area contributed by atoms with Crippen LogP contribution < -0.4 is 0 Å². The first kappa shape index (κ1) is 21.2. The minimum absolute atomic E-state index is 0.0373. The highest BCUT2D eigenvalue weighted by atomic mass is 35.5. The van der Waals surface area contributed by atoms with Crippen LogP contribution in [0.15, 0.2) is 47.2 Å². The molecule has 1 amide bonds. The predicted octanol–water partition coefficient (Wildman–Crippen LogP) is 4.53. The lowest BCUT2D eigenvalue weighted by Crippen LogP contribution is -2.32. The SMILES string of the molecule is Cc1c(Cl)cccc1-c1noc(C2CCCN2C(=O)c2cc(F)c(F)cc2-n2nccn2)n1. The predicted molar refractivity (Wildman–Crippen MR) is 114 cm³/mol. The molecule has 33 heavy (non-hydrogen) atoms. The van der Waals surface area contributed by atoms with Crippen LogP contribution in [0.25, 0.3) is 17.1 Å². The van der Waals surface area contributed by atoms with Crippen LogP contribution in [-0.4, -0.2) is 42.5 Å². The van der Waals surface area contributed by atoms with Gasteiger partial charge in [0.1, 0.15) is 11.7 Å². The monoisotopic (exact) mass is 470 g/mol. The zero-order chi connectivity index (χ0) is 23.1. The van der Waals surface area contributed by atoms with E-state index in [-0.39, 0.29) is 17.1 Å². The second-order valence-corrected chi connectivity index (χ2v) is 8.03. The highest BCUT2D eigenvalue weighted by Crippen LogP contribution is 2.35. The molecule has 1 aliphatic heterocycles. The van der Waals surface area contributed by atoms with Gasteiger partial charge in [-0.05, 0) is 37.5 Å². The van der Waals surface area contributed by atoms with E-state index in [1.807, 2.05) is 13.0 Å². The molecule has 0 bridgehead atoms. The zero-order valence-corrected chi connectivity index (χ0v) is 18.1. The van der Waals surface area contributed by atoms with Crippen molar-refractivity contribution < 1.29 is 18.1 Å². The average Bonchev–Trinajstić information content (AvgIpc) is 3.58. The standard InChI is InChI=1S/C22H17ClF2N6O2/c1-12-13(4-2-5-15(12)23)20-28-21(33-29-20)18-6-3-9-30(18)22(32)14-10-16(24)17(25)11-19(14)31-26-7-8-27-31/h2,4-5,7-8,10-11,18H,3,6,9H2,1H3. The van der Waals surface area contributed by atoms with E-state index in [4.69, 9.17) is 16.1 Å². The smallest absolute Gasteiger partial charge is 0.256 e. The fraction of sp³-hybridized carbons (Fsp3) is 0.227. The molecule has 1 aliphatic rings. The Morgan fingerprint density at radius 2 is 1.94 bits per heavy atom. The van der Waals surface area contributed by atoms with Crippen LogP contribution in [0.5, 0.6) is 0 Å². The second kappa shape index (κ2) is 8.36. The lowest BCUT2D eigenvalue weighted by Gasteiger charge is -2.23. The number of nitrogens with zero attached hydrogens (tertiary/aromatic N) is 6. The maximum absolute atomic E-state index is 14.1. The molecular formula is C22H17ClF2N6O2. The Balaban J connectivity index is 1.49. The summed E-state index contributed by atoms with van der Waals surface area (Å²) < 4.78 is 33.5. The van der Waals surface area contributed by atoms with E-state index in [0.29, 0.717) is 30.2 Å². The maximum atomic E-state index is 14.1. The minimum atomic E-state index is -1.14. The summed E-state index contributed by atoms with van der Waals surface area (Å²) in [5.74, 6) is -2.13. The molecule has 3 heterocycles. The molecule has 0 radical (unpaired) electrons. The maximum Gasteiger partial charge on any atom is 0.256 e. The van der Waals surface area contributed by atoms with Gasteiger partial charge in [-0.2, -0.15) is 20.0 Å². The quantitative estimate of drug-likeness (QED) is 0.435. The number of rotatable bonds is 4. The summed E-state index contributed by atoms with van der Waals surface area (Å²) in [6.45, 7) is 2.25. The molecule has 2 aromatic heterocycles. The topological polar surface area (TPSA) is 89.9 Å². The molecular weight excluding hydrogens is 454 g/mol. The lowest BCUT2D eigenvalue weighted by atomic mass is 10.1. The van der Waals surface area contributed by atoms with Gasteiger partial charge in [0.05, 0.1) is 18.0 Å². The normalized spacial score (nSPS) is 15.9. The van der Waals surface area contributed by atoms with Gasteiger partial charge in [0.15, 0.2) is 11.6 Å². The van der Waals surface area contributed by atoms with Crippen LogP contribution in [-0.2, 0) is 0 Å². The molecule has 8 nitrogen and oxygen atoms in total. The van der Waals surface area contributed by atoms with Gasteiger partial charge in [0, 0.05) is 23.2 Å². The molecule has 168 valence electrons. The van der Waals surface area contributed by atoms with Crippen molar-refractivity contribution >= 4 is 17.5 Å². The fourth-order valence-corrected chi connectivity index (χ4v) is 4.14. The van der Waals surface area contributed by atoms with Crippen LogP contribution in [0.2, 0.25) is 5.02 Å². The number of carbonyl (C=O) groups excluding carboxylic acids is 1. The largest absolute Gasteiger partial charge is 0.337 e. The van der Waals surface area contributed by atoms with Gasteiger partial charge in [0.2, 0.25) is 11.7 Å². The average molecular weight is 471 g/mol. The third-order valence-electron chi connectivity index (χ3n) is 5.65. The molecule has 0 saturated carbocycles. The Kier molecular flexibility index (Phi) is 5.37. The van der Waals surface area contributed by atoms with E-state index in [1.165, 1.54) is 17.3 Å². The number of halogens is 3. The summed E-state index contributed by atoms with van der Waals surface area (Å²) in [6.07, 6.45) is 4.03. The Morgan fingerprint density at radius 1 is 1.18 bits per heavy atom. The molecule has 1 atom stereocenters. The molecule has 4 aromatic rings. The molecule has 11 heteroatoms. The van der Waals surface area contributed by atoms with Crippen molar-refractivity contribution in [2.24, 2.45) is 0 Å². The second-order valence-electron chi connectivity index (χ2n) is 7.63. The van der Waals surface area contributed by atoms with Crippen molar-refractivity contribution in [2.45, 2.75) is 25.8 Å². The summed E-state index contributed by atoms with van der Waals surface area (Å²) in [4.78, 5) is 20.5. The highest BCUT2D eigenvalue weighted by Gasteiger charge is 2.36. The summed E-state index contributed by atoms with van der Waals surface area (Å²) in [5.41, 5.74) is 1.50. The first-order chi connectivity index (χ1) is 15.9. The summed E-state index contributed by atoms with van der Waals surface area (Å²) in [6, 6.07) is 6.65. The number of aromatic nitrogens is 5. The first-order valence-electron chi connectivity index (χ1n) is 10.2. The third-order valence-corrected chi connectivity index (χ3v) is 6.06. The molecule has 0 spiro atoms. The van der Waals surface area contributed by atoms with E-state index >= 15 is 0 Å². The Morgan fingerprint density at radius 3 is 2.73 bits per heavy atom. The van der Waals surface area contributed by atoms with E-state index in [0.717, 1.165) is 28.1 Å². The van der Waals surface area contributed by atoms with Gasteiger partial charge in [0.25, 0.3) is 5.91 Å². The highest BCUT2D eigenvalue weighted by molar-refractivity contribution is 6.31. The Labute approximate surface area is 191 Å². The van der Waals surface area contributed by atoms with Gasteiger partial charge in [-0.3, -0.25) is 4.79 Å². The molecule has 0 aliphatic carbocycles. The van der Waals surface area contributed by atoms with Gasteiger partial charge >= 0.3 is 0 Å². The number of hydrogen-bond donors (Lipinski definition) is 0. The number of hydrogen-bond acceptors (Lipinski definition) is 6. The van der Waals surface area contributed by atoms with Crippen LogP contribution in [0.1, 0.15) is 40.7 Å². The molecule has 5 rings (SSSR count). The van der Waals surface area contributed by atoms with E-state index < -0.39 is 23.6 Å². The molecule has 1 saturated heterocycles. The molecule has 1 unspecified atom stereocenters. The number of benzene rings is 2. The first-order valence-corrected chi connectivity index (χ1v) is 10.6.